The highest BCUT2D eigenvalue weighted by molar-refractivity contribution is 5.98. The van der Waals surface area contributed by atoms with Crippen molar-refractivity contribution in [2.45, 2.75) is 80.5 Å². The molecule has 0 aliphatic carbocycles. The van der Waals surface area contributed by atoms with E-state index in [9.17, 15) is 24.0 Å². The van der Waals surface area contributed by atoms with E-state index in [2.05, 4.69) is 47.4 Å². The topological polar surface area (TPSA) is 190 Å². The van der Waals surface area contributed by atoms with Crippen molar-refractivity contribution in [3.63, 3.8) is 0 Å². The summed E-state index contributed by atoms with van der Waals surface area (Å²) >= 11 is 0. The van der Waals surface area contributed by atoms with E-state index in [1.54, 1.807) is 58.9 Å². The molecule has 1 aromatic carbocycles. The molecule has 0 radical (unpaired) electrons. The number of amides is 6. The quantitative estimate of drug-likeness (QED) is 0.131. The number of hydrogen-bond donors (Lipinski definition) is 6. The highest BCUT2D eigenvalue weighted by atomic mass is 16.5. The molecule has 2 unspecified atom stereocenters. The minimum Gasteiger partial charge on any atom is -0.460 e. The van der Waals surface area contributed by atoms with Crippen LogP contribution in [0.3, 0.4) is 0 Å². The Hall–Kier alpha value is -3.87. The Bertz CT molecular complexity index is 1080. The zero-order valence-corrected chi connectivity index (χ0v) is 26.7. The first kappa shape index (κ1) is 37.2. The van der Waals surface area contributed by atoms with Crippen LogP contribution < -0.4 is 32.3 Å². The monoisotopic (exact) mass is 606 g/mol. The van der Waals surface area contributed by atoms with Crippen molar-refractivity contribution in [1.29, 1.82) is 0 Å². The first-order valence-electron chi connectivity index (χ1n) is 14.4. The second kappa shape index (κ2) is 17.3. The van der Waals surface area contributed by atoms with E-state index in [-0.39, 0.29) is 30.5 Å². The molecule has 1 rings (SSSR count). The van der Waals surface area contributed by atoms with Crippen LogP contribution in [0.4, 0.5) is 15.3 Å². The minimum absolute atomic E-state index is 0.0544. The predicted octanol–water partition coefficient (Wildman–Crippen LogP) is 2.64. The summed E-state index contributed by atoms with van der Waals surface area (Å²) in [5.74, 6) is -1.87. The molecule has 6 amide bonds. The number of primary amides is 1. The van der Waals surface area contributed by atoms with Crippen LogP contribution in [0.1, 0.15) is 67.4 Å². The fourth-order valence-electron chi connectivity index (χ4n) is 3.43. The van der Waals surface area contributed by atoms with Crippen molar-refractivity contribution in [1.82, 2.24) is 21.3 Å². The molecular formula is C30H50N6O7. The fraction of sp³-hybridized carbons (Fsp3) is 0.633. The molecule has 0 aromatic heterocycles. The van der Waals surface area contributed by atoms with Crippen molar-refractivity contribution in [3.05, 3.63) is 29.8 Å². The molecule has 7 N–H and O–H groups in total. The van der Waals surface area contributed by atoms with Crippen molar-refractivity contribution >= 4 is 35.5 Å². The Morgan fingerprint density at radius 2 is 1.51 bits per heavy atom. The highest BCUT2D eigenvalue weighted by Gasteiger charge is 2.29. The second-order valence-electron chi connectivity index (χ2n) is 12.9. The molecule has 0 aliphatic rings. The molecule has 0 heterocycles. The molecule has 242 valence electrons. The van der Waals surface area contributed by atoms with Gasteiger partial charge in [0.1, 0.15) is 18.7 Å². The summed E-state index contributed by atoms with van der Waals surface area (Å²) in [5, 5.41) is 13.0. The normalized spacial score (nSPS) is 13.0. The maximum atomic E-state index is 13.1. The standard InChI is InChI=1S/C30H50N6O7/c1-19(2)23(36-28(41)32-14-9-15-42-18-29(3,4)5)25(38)35-22(16-33-27(31)40)24(37)34-21-12-10-20(11-13-21)17-43-26(39)30(6,7)8/h10-13,19,22-23H,9,14-18H2,1-8H3,(H,34,37)(H,35,38)(H3,31,33,40)(H2,32,36,41). The summed E-state index contributed by atoms with van der Waals surface area (Å²) in [5.41, 5.74) is 5.75. The third kappa shape index (κ3) is 15.8. The first-order chi connectivity index (χ1) is 19.9. The number of hydrogen-bond acceptors (Lipinski definition) is 7. The minimum atomic E-state index is -1.20. The van der Waals surface area contributed by atoms with Crippen molar-refractivity contribution in [2.24, 2.45) is 22.5 Å². The number of esters is 1. The lowest BCUT2D eigenvalue weighted by atomic mass is 9.97. The number of nitrogens with one attached hydrogen (secondary N) is 5. The summed E-state index contributed by atoms with van der Waals surface area (Å²) in [7, 11) is 0. The van der Waals surface area contributed by atoms with Crippen LogP contribution in [-0.2, 0) is 30.5 Å². The summed E-state index contributed by atoms with van der Waals surface area (Å²) < 4.78 is 10.9. The predicted molar refractivity (Wildman–Crippen MR) is 164 cm³/mol. The average Bonchev–Trinajstić information content (AvgIpc) is 2.89. The Morgan fingerprint density at radius 1 is 0.884 bits per heavy atom. The van der Waals surface area contributed by atoms with E-state index in [1.165, 1.54) is 0 Å². The van der Waals surface area contributed by atoms with Gasteiger partial charge in [0.05, 0.1) is 12.0 Å². The number of anilines is 1. The number of nitrogens with two attached hydrogens (primary N) is 1. The van der Waals surface area contributed by atoms with E-state index in [1.807, 2.05) is 0 Å². The van der Waals surface area contributed by atoms with Gasteiger partial charge in [-0.1, -0.05) is 46.8 Å². The summed E-state index contributed by atoms with van der Waals surface area (Å²) in [4.78, 5) is 62.0. The SMILES string of the molecule is CC(C)C(NC(=O)NCCCOCC(C)(C)C)C(=O)NC(CNC(N)=O)C(=O)Nc1ccc(COC(=O)C(C)(C)C)cc1. The maximum absolute atomic E-state index is 13.1. The van der Waals surface area contributed by atoms with Crippen LogP contribution in [0.2, 0.25) is 0 Å². The van der Waals surface area contributed by atoms with Crippen molar-refractivity contribution in [2.75, 3.05) is 31.6 Å². The van der Waals surface area contributed by atoms with Gasteiger partial charge in [0.15, 0.2) is 0 Å². The van der Waals surface area contributed by atoms with E-state index >= 15 is 0 Å². The molecule has 0 saturated heterocycles. The van der Waals surface area contributed by atoms with Crippen LogP contribution in [-0.4, -0.2) is 68.2 Å². The van der Waals surface area contributed by atoms with Crippen LogP contribution >= 0.6 is 0 Å². The van der Waals surface area contributed by atoms with E-state index < -0.39 is 41.4 Å². The van der Waals surface area contributed by atoms with Gasteiger partial charge >= 0.3 is 18.0 Å². The molecule has 0 spiro atoms. The van der Waals surface area contributed by atoms with E-state index in [0.717, 1.165) is 5.56 Å². The van der Waals surface area contributed by atoms with Crippen LogP contribution in [0.25, 0.3) is 0 Å². The Balaban J connectivity index is 2.76. The van der Waals surface area contributed by atoms with Crippen LogP contribution in [0.15, 0.2) is 24.3 Å². The molecule has 0 saturated carbocycles. The van der Waals surface area contributed by atoms with Crippen molar-refractivity contribution < 1.29 is 33.4 Å². The lowest BCUT2D eigenvalue weighted by molar-refractivity contribution is -0.154. The molecular weight excluding hydrogens is 556 g/mol. The molecule has 13 heteroatoms. The fourth-order valence-corrected chi connectivity index (χ4v) is 3.43. The van der Waals surface area contributed by atoms with Gasteiger partial charge in [-0.05, 0) is 56.2 Å². The van der Waals surface area contributed by atoms with Crippen LogP contribution in [0.5, 0.6) is 0 Å². The molecule has 0 bridgehead atoms. The van der Waals surface area contributed by atoms with Crippen molar-refractivity contribution in [3.8, 4) is 0 Å². The molecule has 0 fully saturated rings. The molecule has 2 atom stereocenters. The number of rotatable bonds is 15. The number of ether oxygens (including phenoxy) is 2. The van der Waals surface area contributed by atoms with Gasteiger partial charge in [-0.3, -0.25) is 14.4 Å². The zero-order valence-electron chi connectivity index (χ0n) is 26.7. The number of carbonyl (C=O) groups is 5. The third-order valence-electron chi connectivity index (χ3n) is 5.84. The maximum Gasteiger partial charge on any atom is 0.315 e. The number of benzene rings is 1. The third-order valence-corrected chi connectivity index (χ3v) is 5.84. The molecule has 0 aliphatic heterocycles. The number of urea groups is 2. The summed E-state index contributed by atoms with van der Waals surface area (Å²) in [6.45, 7) is 16.2. The van der Waals surface area contributed by atoms with Gasteiger partial charge in [0.25, 0.3) is 0 Å². The van der Waals surface area contributed by atoms with Gasteiger partial charge in [0.2, 0.25) is 11.8 Å². The largest absolute Gasteiger partial charge is 0.460 e. The van der Waals surface area contributed by atoms with Gasteiger partial charge in [-0.15, -0.1) is 0 Å². The Morgan fingerprint density at radius 3 is 2.05 bits per heavy atom. The van der Waals surface area contributed by atoms with E-state index in [4.69, 9.17) is 15.2 Å². The van der Waals surface area contributed by atoms with Gasteiger partial charge in [-0.25, -0.2) is 9.59 Å². The van der Waals surface area contributed by atoms with E-state index in [0.29, 0.717) is 31.9 Å². The summed E-state index contributed by atoms with van der Waals surface area (Å²) in [6, 6.07) is 3.06. The van der Waals surface area contributed by atoms with Gasteiger partial charge < -0.3 is 41.8 Å². The smallest absolute Gasteiger partial charge is 0.315 e. The molecule has 13 nitrogen and oxygen atoms in total. The van der Waals surface area contributed by atoms with Crippen LogP contribution in [0, 0.1) is 16.7 Å². The Labute approximate surface area is 254 Å². The zero-order chi connectivity index (χ0) is 32.8. The molecule has 43 heavy (non-hydrogen) atoms. The van der Waals surface area contributed by atoms with Gasteiger partial charge in [0, 0.05) is 25.4 Å². The molecule has 1 aromatic rings. The second-order valence-corrected chi connectivity index (χ2v) is 12.9. The lowest BCUT2D eigenvalue weighted by Gasteiger charge is -2.25. The first-order valence-corrected chi connectivity index (χ1v) is 14.4. The Kier molecular flexibility index (Phi) is 14.9. The average molecular weight is 607 g/mol. The highest BCUT2D eigenvalue weighted by Crippen LogP contribution is 2.17. The summed E-state index contributed by atoms with van der Waals surface area (Å²) in [6.07, 6.45) is 0.603. The number of carbonyl (C=O) groups excluding carboxylic acids is 5. The van der Waals surface area contributed by atoms with Gasteiger partial charge in [-0.2, -0.15) is 0 Å². The lowest BCUT2D eigenvalue weighted by Crippen LogP contribution is -2.58.